The lowest BCUT2D eigenvalue weighted by Crippen LogP contribution is -2.63. The quantitative estimate of drug-likeness (QED) is 0.378. The third-order valence-electron chi connectivity index (χ3n) is 4.45. The molecule has 0 atom stereocenters. The summed E-state index contributed by atoms with van der Waals surface area (Å²) in [5.41, 5.74) is 5.04. The Hall–Kier alpha value is -1.83. The summed E-state index contributed by atoms with van der Waals surface area (Å²) in [4.78, 5) is 0. The highest BCUT2D eigenvalue weighted by Crippen LogP contribution is 2.15. The molecule has 0 radical (unpaired) electrons. The van der Waals surface area contributed by atoms with Gasteiger partial charge in [0.25, 0.3) is 0 Å². The van der Waals surface area contributed by atoms with Crippen molar-refractivity contribution in [2.24, 2.45) is 0 Å². The van der Waals surface area contributed by atoms with Gasteiger partial charge in [-0.05, 0) is 43.3 Å². The minimum Gasteiger partial charge on any atom is -0.149 e. The van der Waals surface area contributed by atoms with E-state index in [2.05, 4.69) is 94.4 Å². The van der Waals surface area contributed by atoms with E-state index >= 15 is 0 Å². The van der Waals surface area contributed by atoms with Crippen molar-refractivity contribution in [2.45, 2.75) is 27.7 Å². The number of rotatable bonds is 3. The van der Waals surface area contributed by atoms with Crippen LogP contribution >= 0.6 is 11.1 Å². The van der Waals surface area contributed by atoms with Crippen LogP contribution in [0.4, 0.5) is 0 Å². The maximum atomic E-state index is 7.54. The number of hydrogen-bond donors (Lipinski definition) is 0. The van der Waals surface area contributed by atoms with Gasteiger partial charge in [0.05, 0.1) is 0 Å². The lowest BCUT2D eigenvalue weighted by atomic mass is 10.2. The number of halogens is 1. The summed E-state index contributed by atoms with van der Waals surface area (Å²) in [6.07, 6.45) is 0. The Morgan fingerprint density at radius 1 is 0.542 bits per heavy atom. The molecule has 0 fully saturated rings. The molecule has 24 heavy (non-hydrogen) atoms. The van der Waals surface area contributed by atoms with Gasteiger partial charge in [0.1, 0.15) is 0 Å². The molecule has 0 saturated carbocycles. The van der Waals surface area contributed by atoms with Crippen molar-refractivity contribution < 1.29 is 0 Å². The second kappa shape index (κ2) is 6.58. The predicted molar refractivity (Wildman–Crippen MR) is 109 cm³/mol. The lowest BCUT2D eigenvalue weighted by molar-refractivity contribution is 1.40. The smallest absolute Gasteiger partial charge is 0.149 e. The summed E-state index contributed by atoms with van der Waals surface area (Å²) < 4.78 is 0. The van der Waals surface area contributed by atoms with Gasteiger partial charge in [-0.15, -0.1) is 11.1 Å². The molecule has 0 spiro atoms. The summed E-state index contributed by atoms with van der Waals surface area (Å²) >= 11 is 7.54. The molecule has 0 bridgehead atoms. The normalized spacial score (nSPS) is 11.5. The summed E-state index contributed by atoms with van der Waals surface area (Å²) in [6.45, 7) is 8.56. The number of hydrogen-bond acceptors (Lipinski definition) is 0. The molecule has 2 heteroatoms. The molecular formula is C22H23ClSi. The maximum absolute atomic E-state index is 7.54. The average Bonchev–Trinajstić information content (AvgIpc) is 2.53. The van der Waals surface area contributed by atoms with Gasteiger partial charge >= 0.3 is 0 Å². The number of benzene rings is 3. The van der Waals surface area contributed by atoms with Crippen LogP contribution in [-0.4, -0.2) is 7.38 Å². The van der Waals surface area contributed by atoms with Gasteiger partial charge in [-0.25, -0.2) is 0 Å². The zero-order valence-electron chi connectivity index (χ0n) is 14.7. The molecule has 0 aromatic heterocycles. The van der Waals surface area contributed by atoms with Crippen molar-refractivity contribution in [2.75, 3.05) is 0 Å². The first kappa shape index (κ1) is 17.0. The SMILES string of the molecule is Cc1cccc([Si](Cl)(c2cccc(C)c2)c2cc(C)cc(C)c2)c1. The Kier molecular flexibility index (Phi) is 4.66. The van der Waals surface area contributed by atoms with Gasteiger partial charge in [-0.3, -0.25) is 0 Å². The number of aryl methyl sites for hydroxylation is 4. The van der Waals surface area contributed by atoms with E-state index in [1.807, 2.05) is 0 Å². The molecule has 122 valence electrons. The highest BCUT2D eigenvalue weighted by Gasteiger charge is 2.38. The Labute approximate surface area is 150 Å². The van der Waals surface area contributed by atoms with Gasteiger partial charge in [-0.2, -0.15) is 0 Å². The molecule has 0 amide bonds. The van der Waals surface area contributed by atoms with Crippen LogP contribution in [0, 0.1) is 27.7 Å². The first-order valence-corrected chi connectivity index (χ1v) is 11.3. The van der Waals surface area contributed by atoms with Crippen LogP contribution in [0.1, 0.15) is 22.3 Å². The Bertz CT molecular complexity index is 817. The van der Waals surface area contributed by atoms with Crippen LogP contribution in [0.2, 0.25) is 0 Å². The fourth-order valence-corrected chi connectivity index (χ4v) is 7.78. The fraction of sp³-hybridized carbons (Fsp3) is 0.182. The topological polar surface area (TPSA) is 0 Å². The second-order valence-corrected chi connectivity index (χ2v) is 11.5. The van der Waals surface area contributed by atoms with E-state index in [1.54, 1.807) is 0 Å². The van der Waals surface area contributed by atoms with E-state index in [-0.39, 0.29) is 0 Å². The first-order chi connectivity index (χ1) is 11.4. The second-order valence-electron chi connectivity index (χ2n) is 6.77. The summed E-state index contributed by atoms with van der Waals surface area (Å²) in [7, 11) is -2.53. The third-order valence-corrected chi connectivity index (χ3v) is 9.71. The van der Waals surface area contributed by atoms with Gasteiger partial charge in [0.2, 0.25) is 7.38 Å². The molecule has 3 rings (SSSR count). The van der Waals surface area contributed by atoms with E-state index < -0.39 is 7.38 Å². The van der Waals surface area contributed by atoms with Crippen molar-refractivity contribution in [3.8, 4) is 0 Å². The van der Waals surface area contributed by atoms with Crippen LogP contribution in [0.15, 0.2) is 66.7 Å². The molecule has 0 heterocycles. The maximum Gasteiger partial charge on any atom is 0.247 e. The zero-order chi connectivity index (χ0) is 17.3. The molecule has 0 saturated heterocycles. The molecule has 0 N–H and O–H groups in total. The van der Waals surface area contributed by atoms with Crippen molar-refractivity contribution >= 4 is 34.0 Å². The van der Waals surface area contributed by atoms with E-state index in [9.17, 15) is 0 Å². The summed E-state index contributed by atoms with van der Waals surface area (Å²) in [5.74, 6) is 0. The standard InChI is InChI=1S/C22H23ClSi/c1-16-7-5-9-20(12-16)24(23,21-10-6-8-17(2)13-21)22-14-18(3)11-19(4)15-22/h5-15H,1-4H3. The van der Waals surface area contributed by atoms with Crippen molar-refractivity contribution in [3.05, 3.63) is 89.0 Å². The predicted octanol–water partition coefficient (Wildman–Crippen LogP) is 4.13. The molecule has 0 unspecified atom stereocenters. The van der Waals surface area contributed by atoms with Crippen molar-refractivity contribution in [3.63, 3.8) is 0 Å². The van der Waals surface area contributed by atoms with Crippen LogP contribution < -0.4 is 15.6 Å². The summed E-state index contributed by atoms with van der Waals surface area (Å²) in [5, 5.41) is 3.76. The minimum atomic E-state index is -2.53. The monoisotopic (exact) mass is 350 g/mol. The van der Waals surface area contributed by atoms with Gasteiger partial charge in [-0.1, -0.05) is 89.0 Å². The third kappa shape index (κ3) is 3.19. The zero-order valence-corrected chi connectivity index (χ0v) is 16.5. The van der Waals surface area contributed by atoms with E-state index in [0.717, 1.165) is 0 Å². The fourth-order valence-electron chi connectivity index (χ4n) is 3.39. The van der Waals surface area contributed by atoms with Crippen LogP contribution in [-0.2, 0) is 0 Å². The Morgan fingerprint density at radius 2 is 0.958 bits per heavy atom. The van der Waals surface area contributed by atoms with E-state index in [0.29, 0.717) is 0 Å². The van der Waals surface area contributed by atoms with Gasteiger partial charge in [0.15, 0.2) is 0 Å². The van der Waals surface area contributed by atoms with Crippen LogP contribution in [0.5, 0.6) is 0 Å². The largest absolute Gasteiger partial charge is 0.247 e. The average molecular weight is 351 g/mol. The lowest BCUT2D eigenvalue weighted by Gasteiger charge is -2.28. The minimum absolute atomic E-state index is 1.25. The van der Waals surface area contributed by atoms with Crippen molar-refractivity contribution in [1.82, 2.24) is 0 Å². The van der Waals surface area contributed by atoms with Gasteiger partial charge < -0.3 is 0 Å². The molecule has 0 aliphatic heterocycles. The molecular weight excluding hydrogens is 328 g/mol. The Balaban J connectivity index is 2.32. The van der Waals surface area contributed by atoms with Crippen LogP contribution in [0.25, 0.3) is 0 Å². The Morgan fingerprint density at radius 3 is 1.38 bits per heavy atom. The van der Waals surface area contributed by atoms with Gasteiger partial charge in [0, 0.05) is 0 Å². The van der Waals surface area contributed by atoms with E-state index in [4.69, 9.17) is 11.1 Å². The van der Waals surface area contributed by atoms with Crippen molar-refractivity contribution in [1.29, 1.82) is 0 Å². The van der Waals surface area contributed by atoms with E-state index in [1.165, 1.54) is 37.8 Å². The first-order valence-electron chi connectivity index (χ1n) is 8.31. The molecule has 3 aromatic rings. The summed E-state index contributed by atoms with van der Waals surface area (Å²) in [6, 6.07) is 24.1. The highest BCUT2D eigenvalue weighted by atomic mass is 35.6. The van der Waals surface area contributed by atoms with Crippen LogP contribution in [0.3, 0.4) is 0 Å². The molecule has 0 aliphatic rings. The molecule has 3 aromatic carbocycles. The molecule has 0 aliphatic carbocycles. The highest BCUT2D eigenvalue weighted by molar-refractivity contribution is 7.40. The molecule has 0 nitrogen and oxygen atoms in total.